The lowest BCUT2D eigenvalue weighted by Crippen LogP contribution is -2.38. The van der Waals surface area contributed by atoms with E-state index in [4.69, 9.17) is 0 Å². The standard InChI is InChI=1S/C18H27N5O2.HI/c1-19-18(20-11-10-16(24)22(2)3)21-13-14-6-8-15(9-7-14)23-12-4-5-17(23)25;/h6-9H,4-5,10-13H2,1-3H3,(H2,19,20,21);1H. The van der Waals surface area contributed by atoms with Crippen LogP contribution in [0, 0.1) is 0 Å². The minimum Gasteiger partial charge on any atom is -0.356 e. The number of carbonyl (C=O) groups excluding carboxylic acids is 2. The van der Waals surface area contributed by atoms with Gasteiger partial charge in [-0.1, -0.05) is 12.1 Å². The number of hydrogen-bond donors (Lipinski definition) is 2. The lowest BCUT2D eigenvalue weighted by Gasteiger charge is -2.16. The normalized spacial score (nSPS) is 14.0. The summed E-state index contributed by atoms with van der Waals surface area (Å²) in [4.78, 5) is 30.9. The van der Waals surface area contributed by atoms with Crippen molar-refractivity contribution in [2.24, 2.45) is 4.99 Å². The van der Waals surface area contributed by atoms with E-state index in [2.05, 4.69) is 15.6 Å². The molecule has 0 aromatic heterocycles. The molecular weight excluding hydrogens is 445 g/mol. The highest BCUT2D eigenvalue weighted by Crippen LogP contribution is 2.21. The molecule has 1 saturated heterocycles. The van der Waals surface area contributed by atoms with Gasteiger partial charge < -0.3 is 20.4 Å². The third-order valence-corrected chi connectivity index (χ3v) is 4.14. The number of rotatable bonds is 6. The van der Waals surface area contributed by atoms with Gasteiger partial charge in [0.25, 0.3) is 0 Å². The van der Waals surface area contributed by atoms with E-state index in [1.807, 2.05) is 29.2 Å². The van der Waals surface area contributed by atoms with Crippen molar-refractivity contribution in [2.75, 3.05) is 39.1 Å². The van der Waals surface area contributed by atoms with Gasteiger partial charge in [0.05, 0.1) is 0 Å². The molecule has 2 N–H and O–H groups in total. The average molecular weight is 473 g/mol. The quantitative estimate of drug-likeness (QED) is 0.374. The van der Waals surface area contributed by atoms with Gasteiger partial charge in [-0.05, 0) is 24.1 Å². The Morgan fingerprint density at radius 3 is 2.46 bits per heavy atom. The van der Waals surface area contributed by atoms with E-state index in [9.17, 15) is 9.59 Å². The van der Waals surface area contributed by atoms with Gasteiger partial charge in [-0.3, -0.25) is 14.6 Å². The third-order valence-electron chi connectivity index (χ3n) is 4.14. The zero-order valence-electron chi connectivity index (χ0n) is 15.6. The second kappa shape index (κ2) is 11.0. The van der Waals surface area contributed by atoms with E-state index < -0.39 is 0 Å². The van der Waals surface area contributed by atoms with Gasteiger partial charge in [0.2, 0.25) is 11.8 Å². The van der Waals surface area contributed by atoms with Crippen LogP contribution in [-0.2, 0) is 16.1 Å². The summed E-state index contributed by atoms with van der Waals surface area (Å²) in [6.45, 7) is 1.96. The number of nitrogens with zero attached hydrogens (tertiary/aromatic N) is 3. The Balaban J connectivity index is 0.00000338. The number of halogens is 1. The summed E-state index contributed by atoms with van der Waals surface area (Å²) in [5, 5.41) is 6.35. The monoisotopic (exact) mass is 473 g/mol. The second-order valence-corrected chi connectivity index (χ2v) is 6.21. The summed E-state index contributed by atoms with van der Waals surface area (Å²) in [7, 11) is 5.19. The summed E-state index contributed by atoms with van der Waals surface area (Å²) in [5.41, 5.74) is 2.05. The highest BCUT2D eigenvalue weighted by Gasteiger charge is 2.21. The fourth-order valence-corrected chi connectivity index (χ4v) is 2.63. The first kappa shape index (κ1) is 22.2. The number of anilines is 1. The number of aliphatic imine (C=N–C) groups is 1. The lowest BCUT2D eigenvalue weighted by molar-refractivity contribution is -0.128. The predicted molar refractivity (Wildman–Crippen MR) is 115 cm³/mol. The molecule has 0 radical (unpaired) electrons. The summed E-state index contributed by atoms with van der Waals surface area (Å²) < 4.78 is 0. The molecule has 8 heteroatoms. The molecular formula is C18H28IN5O2. The molecule has 1 aromatic carbocycles. The lowest BCUT2D eigenvalue weighted by atomic mass is 10.2. The first-order chi connectivity index (χ1) is 12.0. The van der Waals surface area contributed by atoms with Crippen LogP contribution in [0.15, 0.2) is 29.3 Å². The molecule has 1 aliphatic rings. The Hall–Kier alpha value is -1.84. The zero-order chi connectivity index (χ0) is 18.2. The SMILES string of the molecule is CN=C(NCCC(=O)N(C)C)NCc1ccc(N2CCCC2=O)cc1.I. The van der Waals surface area contributed by atoms with Crippen LogP contribution >= 0.6 is 24.0 Å². The molecule has 26 heavy (non-hydrogen) atoms. The summed E-state index contributed by atoms with van der Waals surface area (Å²) in [6.07, 6.45) is 1.99. The second-order valence-electron chi connectivity index (χ2n) is 6.21. The molecule has 1 fully saturated rings. The van der Waals surface area contributed by atoms with Gasteiger partial charge >= 0.3 is 0 Å². The Kier molecular flexibility index (Phi) is 9.39. The van der Waals surface area contributed by atoms with Crippen molar-refractivity contribution in [3.63, 3.8) is 0 Å². The minimum absolute atomic E-state index is 0. The van der Waals surface area contributed by atoms with E-state index in [0.717, 1.165) is 24.2 Å². The van der Waals surface area contributed by atoms with Crippen molar-refractivity contribution in [2.45, 2.75) is 25.8 Å². The van der Waals surface area contributed by atoms with Crippen LogP contribution in [0.4, 0.5) is 5.69 Å². The Bertz CT molecular complexity index is 631. The first-order valence-corrected chi connectivity index (χ1v) is 8.55. The van der Waals surface area contributed by atoms with Gasteiger partial charge in [-0.2, -0.15) is 0 Å². The van der Waals surface area contributed by atoms with E-state index >= 15 is 0 Å². The molecule has 0 bridgehead atoms. The van der Waals surface area contributed by atoms with Crippen LogP contribution in [0.3, 0.4) is 0 Å². The summed E-state index contributed by atoms with van der Waals surface area (Å²) in [6, 6.07) is 7.98. The van der Waals surface area contributed by atoms with Crippen molar-refractivity contribution in [3.8, 4) is 0 Å². The maximum atomic E-state index is 11.8. The Morgan fingerprint density at radius 2 is 1.92 bits per heavy atom. The van der Waals surface area contributed by atoms with E-state index in [-0.39, 0.29) is 35.8 Å². The molecule has 2 rings (SSSR count). The van der Waals surface area contributed by atoms with Crippen molar-refractivity contribution in [3.05, 3.63) is 29.8 Å². The summed E-state index contributed by atoms with van der Waals surface area (Å²) >= 11 is 0. The molecule has 1 heterocycles. The van der Waals surface area contributed by atoms with Crippen molar-refractivity contribution in [1.29, 1.82) is 0 Å². The smallest absolute Gasteiger partial charge is 0.227 e. The molecule has 7 nitrogen and oxygen atoms in total. The van der Waals surface area contributed by atoms with Crippen LogP contribution in [0.5, 0.6) is 0 Å². The molecule has 0 atom stereocenters. The van der Waals surface area contributed by atoms with Crippen molar-refractivity contribution in [1.82, 2.24) is 15.5 Å². The molecule has 144 valence electrons. The van der Waals surface area contributed by atoms with Gasteiger partial charge in [0.1, 0.15) is 0 Å². The number of guanidine groups is 1. The van der Waals surface area contributed by atoms with Crippen LogP contribution in [0.1, 0.15) is 24.8 Å². The molecule has 0 spiro atoms. The molecule has 1 aliphatic heterocycles. The van der Waals surface area contributed by atoms with Crippen LogP contribution < -0.4 is 15.5 Å². The molecule has 0 unspecified atom stereocenters. The highest BCUT2D eigenvalue weighted by molar-refractivity contribution is 14.0. The van der Waals surface area contributed by atoms with E-state index in [1.54, 1.807) is 26.0 Å². The number of carbonyl (C=O) groups is 2. The number of benzene rings is 1. The maximum absolute atomic E-state index is 11.8. The fourth-order valence-electron chi connectivity index (χ4n) is 2.63. The zero-order valence-corrected chi connectivity index (χ0v) is 17.9. The third kappa shape index (κ3) is 6.47. The molecule has 0 saturated carbocycles. The predicted octanol–water partition coefficient (Wildman–Crippen LogP) is 1.57. The largest absolute Gasteiger partial charge is 0.356 e. The number of hydrogen-bond acceptors (Lipinski definition) is 3. The van der Waals surface area contributed by atoms with Crippen LogP contribution in [0.2, 0.25) is 0 Å². The average Bonchev–Trinajstić information content (AvgIpc) is 3.04. The minimum atomic E-state index is 0. The molecule has 0 aliphatic carbocycles. The number of amides is 2. The van der Waals surface area contributed by atoms with E-state index in [0.29, 0.717) is 31.9 Å². The van der Waals surface area contributed by atoms with Crippen LogP contribution in [0.25, 0.3) is 0 Å². The summed E-state index contributed by atoms with van der Waals surface area (Å²) in [5.74, 6) is 0.933. The molecule has 1 aromatic rings. The van der Waals surface area contributed by atoms with Crippen molar-refractivity contribution < 1.29 is 9.59 Å². The van der Waals surface area contributed by atoms with E-state index in [1.165, 1.54) is 0 Å². The first-order valence-electron chi connectivity index (χ1n) is 8.55. The van der Waals surface area contributed by atoms with Crippen LogP contribution in [-0.4, -0.2) is 56.9 Å². The topological polar surface area (TPSA) is 77.0 Å². The number of nitrogens with one attached hydrogen (secondary N) is 2. The Morgan fingerprint density at radius 1 is 1.23 bits per heavy atom. The highest BCUT2D eigenvalue weighted by atomic mass is 127. The van der Waals surface area contributed by atoms with Gasteiger partial charge in [-0.25, -0.2) is 0 Å². The maximum Gasteiger partial charge on any atom is 0.227 e. The van der Waals surface area contributed by atoms with Crippen molar-refractivity contribution >= 4 is 47.4 Å². The van der Waals surface area contributed by atoms with Gasteiger partial charge in [0, 0.05) is 59.3 Å². The fraction of sp³-hybridized carbons (Fsp3) is 0.500. The van der Waals surface area contributed by atoms with Gasteiger partial charge in [0.15, 0.2) is 5.96 Å². The van der Waals surface area contributed by atoms with Gasteiger partial charge in [-0.15, -0.1) is 24.0 Å². The molecule has 2 amide bonds. The Labute approximate surface area is 172 Å².